The first-order valence-corrected chi connectivity index (χ1v) is 7.98. The predicted molar refractivity (Wildman–Crippen MR) is 89.6 cm³/mol. The standard InChI is InChI=1S/C17H17IO2/c1-20-14-8-6-12(7-9-14)11-2-4-13(5-3-11)16-15(10-19)17(16)18/h2-9,15-17,19H,10H2,1H3/t15-,16-,17+/m1/s1. The lowest BCUT2D eigenvalue weighted by molar-refractivity contribution is 0.275. The molecule has 1 aliphatic carbocycles. The Bertz CT molecular complexity index is 577. The average molecular weight is 380 g/mol. The first kappa shape index (κ1) is 13.9. The highest BCUT2D eigenvalue weighted by atomic mass is 127. The lowest BCUT2D eigenvalue weighted by Gasteiger charge is -2.05. The van der Waals surface area contributed by atoms with E-state index >= 15 is 0 Å². The lowest BCUT2D eigenvalue weighted by atomic mass is 10.0. The van der Waals surface area contributed by atoms with Gasteiger partial charge in [-0.25, -0.2) is 0 Å². The van der Waals surface area contributed by atoms with Crippen molar-refractivity contribution in [3.8, 4) is 16.9 Å². The van der Waals surface area contributed by atoms with Crippen LogP contribution in [0.2, 0.25) is 0 Å². The molecule has 3 heteroatoms. The molecule has 2 aromatic rings. The number of ether oxygens (including phenoxy) is 1. The maximum atomic E-state index is 9.27. The second-order valence-corrected chi connectivity index (χ2v) is 6.61. The SMILES string of the molecule is COc1ccc(-c2ccc([C@H]3[C@@H](I)[C@@H]3CO)cc2)cc1. The van der Waals surface area contributed by atoms with Crippen molar-refractivity contribution in [2.75, 3.05) is 13.7 Å². The Labute approximate surface area is 132 Å². The summed E-state index contributed by atoms with van der Waals surface area (Å²) in [5, 5.41) is 9.27. The fourth-order valence-electron chi connectivity index (χ4n) is 2.66. The zero-order valence-corrected chi connectivity index (χ0v) is 13.4. The molecule has 0 spiro atoms. The third-order valence-electron chi connectivity index (χ3n) is 4.00. The zero-order valence-electron chi connectivity index (χ0n) is 11.3. The van der Waals surface area contributed by atoms with Crippen molar-refractivity contribution in [2.24, 2.45) is 5.92 Å². The fourth-order valence-corrected chi connectivity index (χ4v) is 4.04. The van der Waals surface area contributed by atoms with E-state index in [1.54, 1.807) is 7.11 Å². The third kappa shape index (κ3) is 2.56. The summed E-state index contributed by atoms with van der Waals surface area (Å²) in [7, 11) is 1.68. The Morgan fingerprint density at radius 2 is 1.55 bits per heavy atom. The highest BCUT2D eigenvalue weighted by molar-refractivity contribution is 14.1. The molecule has 0 heterocycles. The molecule has 2 aromatic carbocycles. The molecule has 0 aromatic heterocycles. The number of alkyl halides is 1. The van der Waals surface area contributed by atoms with Gasteiger partial charge < -0.3 is 9.84 Å². The quantitative estimate of drug-likeness (QED) is 0.645. The van der Waals surface area contributed by atoms with Crippen LogP contribution in [0.3, 0.4) is 0 Å². The van der Waals surface area contributed by atoms with Gasteiger partial charge >= 0.3 is 0 Å². The van der Waals surface area contributed by atoms with Crippen LogP contribution in [0.4, 0.5) is 0 Å². The number of methoxy groups -OCH3 is 1. The highest BCUT2D eigenvalue weighted by Gasteiger charge is 2.48. The summed E-state index contributed by atoms with van der Waals surface area (Å²) in [6, 6.07) is 16.8. The Balaban J connectivity index is 1.79. The molecule has 0 amide bonds. The summed E-state index contributed by atoms with van der Waals surface area (Å²) in [5.74, 6) is 1.83. The van der Waals surface area contributed by atoms with Gasteiger partial charge in [0.1, 0.15) is 5.75 Å². The maximum absolute atomic E-state index is 9.27. The summed E-state index contributed by atoms with van der Waals surface area (Å²) in [5.41, 5.74) is 3.74. The summed E-state index contributed by atoms with van der Waals surface area (Å²) < 4.78 is 5.75. The smallest absolute Gasteiger partial charge is 0.118 e. The summed E-state index contributed by atoms with van der Waals surface area (Å²) in [6.07, 6.45) is 0. The van der Waals surface area contributed by atoms with E-state index in [9.17, 15) is 5.11 Å². The van der Waals surface area contributed by atoms with Crippen molar-refractivity contribution in [1.82, 2.24) is 0 Å². The first-order valence-electron chi connectivity index (χ1n) is 6.74. The van der Waals surface area contributed by atoms with E-state index in [-0.39, 0.29) is 0 Å². The van der Waals surface area contributed by atoms with Gasteiger partial charge in [-0.3, -0.25) is 0 Å². The van der Waals surface area contributed by atoms with Gasteiger partial charge in [-0.1, -0.05) is 59.0 Å². The van der Waals surface area contributed by atoms with Crippen LogP contribution in [0.5, 0.6) is 5.75 Å². The Morgan fingerprint density at radius 3 is 2.00 bits per heavy atom. The minimum atomic E-state index is 0.290. The number of rotatable bonds is 4. The second-order valence-electron chi connectivity index (χ2n) is 5.17. The molecule has 20 heavy (non-hydrogen) atoms. The summed E-state index contributed by atoms with van der Waals surface area (Å²) in [4.78, 5) is 0. The molecule has 2 nitrogen and oxygen atoms in total. The van der Waals surface area contributed by atoms with Crippen molar-refractivity contribution >= 4 is 22.6 Å². The van der Waals surface area contributed by atoms with Gasteiger partial charge in [0.15, 0.2) is 0 Å². The van der Waals surface area contributed by atoms with E-state index in [4.69, 9.17) is 4.74 Å². The molecule has 0 saturated heterocycles. The van der Waals surface area contributed by atoms with Crippen LogP contribution in [0.1, 0.15) is 11.5 Å². The first-order chi connectivity index (χ1) is 9.74. The summed E-state index contributed by atoms with van der Waals surface area (Å²) >= 11 is 2.44. The minimum Gasteiger partial charge on any atom is -0.497 e. The monoisotopic (exact) mass is 380 g/mol. The Hall–Kier alpha value is -1.07. The molecule has 3 rings (SSSR count). The highest BCUT2D eigenvalue weighted by Crippen LogP contribution is 2.53. The van der Waals surface area contributed by atoms with Crippen molar-refractivity contribution in [1.29, 1.82) is 0 Å². The van der Waals surface area contributed by atoms with Gasteiger partial charge in [0.2, 0.25) is 0 Å². The zero-order chi connectivity index (χ0) is 14.1. The molecule has 1 N–H and O–H groups in total. The van der Waals surface area contributed by atoms with Gasteiger partial charge in [-0.2, -0.15) is 0 Å². The number of hydrogen-bond donors (Lipinski definition) is 1. The number of aliphatic hydroxyl groups excluding tert-OH is 1. The Kier molecular flexibility index (Phi) is 3.98. The lowest BCUT2D eigenvalue weighted by Crippen LogP contribution is -1.89. The van der Waals surface area contributed by atoms with Crippen molar-refractivity contribution in [2.45, 2.75) is 9.84 Å². The molecule has 0 radical (unpaired) electrons. The normalized spacial score (nSPS) is 24.4. The van der Waals surface area contributed by atoms with E-state index in [1.165, 1.54) is 16.7 Å². The van der Waals surface area contributed by atoms with Crippen LogP contribution >= 0.6 is 22.6 Å². The molecule has 0 unspecified atom stereocenters. The van der Waals surface area contributed by atoms with Gasteiger partial charge in [0, 0.05) is 22.4 Å². The number of aliphatic hydroxyl groups is 1. The average Bonchev–Trinajstić information content (AvgIpc) is 3.17. The van der Waals surface area contributed by atoms with E-state index in [2.05, 4.69) is 59.0 Å². The largest absolute Gasteiger partial charge is 0.497 e. The molecule has 0 aliphatic heterocycles. The van der Waals surface area contributed by atoms with Crippen molar-refractivity contribution in [3.05, 3.63) is 54.1 Å². The van der Waals surface area contributed by atoms with Gasteiger partial charge in [0.05, 0.1) is 7.11 Å². The van der Waals surface area contributed by atoms with Crippen LogP contribution in [-0.2, 0) is 0 Å². The van der Waals surface area contributed by atoms with E-state index in [1.807, 2.05) is 12.1 Å². The van der Waals surface area contributed by atoms with Crippen LogP contribution in [-0.4, -0.2) is 22.7 Å². The van der Waals surface area contributed by atoms with Gasteiger partial charge in [-0.15, -0.1) is 0 Å². The van der Waals surface area contributed by atoms with Crippen LogP contribution < -0.4 is 4.74 Å². The molecule has 1 saturated carbocycles. The molecule has 3 atom stereocenters. The molecular weight excluding hydrogens is 363 g/mol. The molecule has 1 fully saturated rings. The maximum Gasteiger partial charge on any atom is 0.118 e. The third-order valence-corrected chi connectivity index (χ3v) is 5.70. The van der Waals surface area contributed by atoms with E-state index in [0.717, 1.165) is 5.75 Å². The van der Waals surface area contributed by atoms with Gasteiger partial charge in [0.25, 0.3) is 0 Å². The van der Waals surface area contributed by atoms with Crippen LogP contribution in [0.25, 0.3) is 11.1 Å². The predicted octanol–water partition coefficient (Wildman–Crippen LogP) is 3.87. The molecule has 1 aliphatic rings. The van der Waals surface area contributed by atoms with Crippen molar-refractivity contribution < 1.29 is 9.84 Å². The molecule has 0 bridgehead atoms. The molecule has 104 valence electrons. The van der Waals surface area contributed by atoms with Gasteiger partial charge in [-0.05, 0) is 28.8 Å². The molecular formula is C17H17IO2. The minimum absolute atomic E-state index is 0.290. The second kappa shape index (κ2) is 5.74. The summed E-state index contributed by atoms with van der Waals surface area (Å²) in [6.45, 7) is 0.290. The fraction of sp³-hybridized carbons (Fsp3) is 0.294. The number of benzene rings is 2. The van der Waals surface area contributed by atoms with E-state index < -0.39 is 0 Å². The topological polar surface area (TPSA) is 29.5 Å². The van der Waals surface area contributed by atoms with Crippen molar-refractivity contribution in [3.63, 3.8) is 0 Å². The Morgan fingerprint density at radius 1 is 1.00 bits per heavy atom. The van der Waals surface area contributed by atoms with E-state index in [0.29, 0.717) is 22.4 Å². The number of halogens is 1. The number of hydrogen-bond acceptors (Lipinski definition) is 2. The van der Waals surface area contributed by atoms with Crippen LogP contribution in [0.15, 0.2) is 48.5 Å². The van der Waals surface area contributed by atoms with Crippen LogP contribution in [0, 0.1) is 5.92 Å².